The van der Waals surface area contributed by atoms with E-state index in [-0.39, 0.29) is 35.5 Å². The number of rotatable bonds is 6. The zero-order valence-corrected chi connectivity index (χ0v) is 16.8. The number of hydrogen-bond acceptors (Lipinski definition) is 8. The molecule has 0 saturated carbocycles. The van der Waals surface area contributed by atoms with E-state index in [0.717, 1.165) is 18.5 Å². The van der Waals surface area contributed by atoms with Crippen LogP contribution in [-0.2, 0) is 15.0 Å². The van der Waals surface area contributed by atoms with E-state index in [4.69, 9.17) is 15.2 Å². The molecular formula is C20H20F3N5O4. The van der Waals surface area contributed by atoms with Gasteiger partial charge in [0.05, 0.1) is 31.5 Å². The summed E-state index contributed by atoms with van der Waals surface area (Å²) in [5.41, 5.74) is 4.14. The van der Waals surface area contributed by atoms with Crippen molar-refractivity contribution in [2.24, 2.45) is 16.6 Å². The average Bonchev–Trinajstić information content (AvgIpc) is 2.80. The lowest BCUT2D eigenvalue weighted by Crippen LogP contribution is -2.54. The molecule has 4 rings (SSSR count). The van der Waals surface area contributed by atoms with E-state index >= 15 is 0 Å². The van der Waals surface area contributed by atoms with Gasteiger partial charge in [-0.25, -0.2) is 28.1 Å². The van der Waals surface area contributed by atoms with Crippen LogP contribution in [0.5, 0.6) is 5.88 Å². The van der Waals surface area contributed by atoms with Crippen molar-refractivity contribution >= 4 is 17.6 Å². The molecule has 3 atom stereocenters. The highest BCUT2D eigenvalue weighted by Gasteiger charge is 2.52. The summed E-state index contributed by atoms with van der Waals surface area (Å²) >= 11 is 0. The molecule has 0 aliphatic carbocycles. The number of carbonyl (C=O) groups is 1. The summed E-state index contributed by atoms with van der Waals surface area (Å²) in [6.45, 7) is -1.60. The predicted molar refractivity (Wildman–Crippen MR) is 106 cm³/mol. The molecule has 1 fully saturated rings. The van der Waals surface area contributed by atoms with Crippen molar-refractivity contribution in [1.29, 1.82) is 0 Å². The van der Waals surface area contributed by atoms with Gasteiger partial charge < -0.3 is 25.3 Å². The number of fused-ring (bicyclic) bond motifs is 1. The first-order chi connectivity index (χ1) is 15.5. The van der Waals surface area contributed by atoms with E-state index in [0.29, 0.717) is 13.0 Å². The maximum Gasteiger partial charge on any atom is 0.283 e. The molecule has 9 nitrogen and oxygen atoms in total. The molecule has 2 aliphatic rings. The van der Waals surface area contributed by atoms with Gasteiger partial charge in [0.25, 0.3) is 11.9 Å². The summed E-state index contributed by atoms with van der Waals surface area (Å²) in [6, 6.07) is 3.49. The smallest absolute Gasteiger partial charge is 0.283 e. The molecule has 1 saturated heterocycles. The Kier molecular flexibility index (Phi) is 6.12. The van der Waals surface area contributed by atoms with Gasteiger partial charge in [0.2, 0.25) is 12.7 Å². The highest BCUT2D eigenvalue weighted by atomic mass is 19.1. The first-order valence-corrected chi connectivity index (χ1v) is 9.74. The highest BCUT2D eigenvalue weighted by molar-refractivity contribution is 6.02. The monoisotopic (exact) mass is 451 g/mol. The van der Waals surface area contributed by atoms with Crippen LogP contribution in [0, 0.1) is 11.7 Å². The lowest BCUT2D eigenvalue weighted by atomic mass is 9.74. The van der Waals surface area contributed by atoms with Gasteiger partial charge in [-0.05, 0) is 18.2 Å². The van der Waals surface area contributed by atoms with Gasteiger partial charge in [-0.15, -0.1) is 0 Å². The number of aliphatic imine (C=N–C) groups is 1. The van der Waals surface area contributed by atoms with Crippen molar-refractivity contribution in [2.45, 2.75) is 18.1 Å². The number of aromatic nitrogens is 2. The first kappa shape index (κ1) is 21.8. The fraction of sp³-hybridized carbons (Fsp3) is 0.400. The second kappa shape index (κ2) is 8.99. The van der Waals surface area contributed by atoms with Crippen molar-refractivity contribution < 1.29 is 32.2 Å². The largest absolute Gasteiger partial charge is 0.462 e. The van der Waals surface area contributed by atoms with E-state index in [1.165, 1.54) is 12.1 Å². The Morgan fingerprint density at radius 3 is 2.88 bits per heavy atom. The third-order valence-corrected chi connectivity index (χ3v) is 5.45. The van der Waals surface area contributed by atoms with Crippen LogP contribution < -0.4 is 15.8 Å². The molecule has 0 spiro atoms. The summed E-state index contributed by atoms with van der Waals surface area (Å²) in [4.78, 5) is 24.3. The number of anilines is 1. The van der Waals surface area contributed by atoms with Gasteiger partial charge in [0.1, 0.15) is 29.8 Å². The molecule has 32 heavy (non-hydrogen) atoms. The van der Waals surface area contributed by atoms with Crippen molar-refractivity contribution in [1.82, 2.24) is 9.97 Å². The lowest BCUT2D eigenvalue weighted by Gasteiger charge is -2.45. The minimum absolute atomic E-state index is 0.0812. The van der Waals surface area contributed by atoms with Crippen molar-refractivity contribution in [3.63, 3.8) is 0 Å². The Bertz CT molecular complexity index is 1020. The molecule has 1 aromatic heterocycles. The Labute approximate surface area is 180 Å². The third-order valence-electron chi connectivity index (χ3n) is 5.45. The molecule has 0 bridgehead atoms. The average molecular weight is 451 g/mol. The fourth-order valence-corrected chi connectivity index (χ4v) is 3.92. The summed E-state index contributed by atoms with van der Waals surface area (Å²) < 4.78 is 57.1. The number of ether oxygens (including phenoxy) is 3. The number of nitrogens with one attached hydrogen (secondary N) is 1. The van der Waals surface area contributed by atoms with Crippen LogP contribution >= 0.6 is 0 Å². The Hall–Kier alpha value is -3.41. The number of alkyl halides is 2. The molecule has 170 valence electrons. The molecule has 1 aromatic carbocycles. The van der Waals surface area contributed by atoms with Crippen LogP contribution in [0.4, 0.5) is 18.9 Å². The fourth-order valence-electron chi connectivity index (χ4n) is 3.92. The molecule has 3 N–H and O–H groups in total. The molecule has 2 aliphatic heterocycles. The minimum atomic E-state index is -1.66. The van der Waals surface area contributed by atoms with Crippen LogP contribution in [0.25, 0.3) is 0 Å². The second-order valence-corrected chi connectivity index (χ2v) is 7.28. The summed E-state index contributed by atoms with van der Waals surface area (Å²) in [5.74, 6) is -2.07. The summed E-state index contributed by atoms with van der Waals surface area (Å²) in [6.07, 6.45) is 2.17. The number of hydrogen-bond donors (Lipinski definition) is 2. The van der Waals surface area contributed by atoms with Gasteiger partial charge in [0.15, 0.2) is 0 Å². The molecule has 1 amide bonds. The summed E-state index contributed by atoms with van der Waals surface area (Å²) in [7, 11) is 0. The zero-order chi connectivity index (χ0) is 22.7. The van der Waals surface area contributed by atoms with Gasteiger partial charge in [0, 0.05) is 17.7 Å². The maximum absolute atomic E-state index is 14.9. The van der Waals surface area contributed by atoms with Gasteiger partial charge in [-0.2, -0.15) is 0 Å². The third kappa shape index (κ3) is 4.05. The van der Waals surface area contributed by atoms with Crippen LogP contribution in [0.2, 0.25) is 0 Å². The van der Waals surface area contributed by atoms with Crippen LogP contribution in [0.3, 0.4) is 0 Å². The predicted octanol–water partition coefficient (Wildman–Crippen LogP) is 2.09. The quantitative estimate of drug-likeness (QED) is 0.690. The number of nitrogens with two attached hydrogens (primary N) is 1. The van der Waals surface area contributed by atoms with Crippen LogP contribution in [0.15, 0.2) is 35.6 Å². The highest BCUT2D eigenvalue weighted by Crippen LogP contribution is 2.44. The number of amides is 1. The molecule has 2 aromatic rings. The van der Waals surface area contributed by atoms with Crippen LogP contribution in [-0.4, -0.2) is 54.7 Å². The minimum Gasteiger partial charge on any atom is -0.462 e. The Morgan fingerprint density at radius 1 is 1.31 bits per heavy atom. The number of amidine groups is 1. The lowest BCUT2D eigenvalue weighted by molar-refractivity contribution is -0.0785. The SMILES string of the molecule is NC1=NC(CF)(c2cc(NC(=O)c3cnc(OCF)cn3)ccc2F)C2COCCC2O1. The van der Waals surface area contributed by atoms with Crippen molar-refractivity contribution in [2.75, 3.05) is 32.1 Å². The molecule has 3 heterocycles. The number of benzene rings is 1. The molecule has 3 unspecified atom stereocenters. The van der Waals surface area contributed by atoms with E-state index in [1.807, 2.05) is 0 Å². The van der Waals surface area contributed by atoms with E-state index < -0.39 is 42.8 Å². The van der Waals surface area contributed by atoms with Crippen molar-refractivity contribution in [3.05, 3.63) is 47.7 Å². The Morgan fingerprint density at radius 2 is 2.16 bits per heavy atom. The zero-order valence-electron chi connectivity index (χ0n) is 16.8. The first-order valence-electron chi connectivity index (χ1n) is 9.74. The number of halogens is 3. The van der Waals surface area contributed by atoms with Crippen molar-refractivity contribution in [3.8, 4) is 5.88 Å². The van der Waals surface area contributed by atoms with Crippen LogP contribution in [0.1, 0.15) is 22.5 Å². The Balaban J connectivity index is 1.64. The molecule has 0 radical (unpaired) electrons. The topological polar surface area (TPSA) is 121 Å². The van der Waals surface area contributed by atoms with Gasteiger partial charge in [-0.1, -0.05) is 0 Å². The van der Waals surface area contributed by atoms with Gasteiger partial charge in [-0.3, -0.25) is 4.79 Å². The normalized spacial score (nSPS) is 24.7. The number of carbonyl (C=O) groups excluding carboxylic acids is 1. The summed E-state index contributed by atoms with van der Waals surface area (Å²) in [5, 5.41) is 2.55. The standard InChI is InChI=1S/C20H20F3N5O4/c21-9-20(13-8-30-4-3-16(13)32-19(24)28-20)12-5-11(1-2-14(12)23)27-18(29)15-6-26-17(7-25-15)31-10-22/h1-2,5-7,13,16H,3-4,8-10H2,(H2,24,28)(H,27,29). The maximum atomic E-state index is 14.9. The molecule has 12 heteroatoms. The van der Waals surface area contributed by atoms with Gasteiger partial charge >= 0.3 is 0 Å². The van der Waals surface area contributed by atoms with E-state index in [2.05, 4.69) is 25.0 Å². The van der Waals surface area contributed by atoms with E-state index in [9.17, 15) is 18.0 Å². The second-order valence-electron chi connectivity index (χ2n) is 7.28. The molecular weight excluding hydrogens is 431 g/mol. The number of nitrogens with zero attached hydrogens (tertiary/aromatic N) is 3. The van der Waals surface area contributed by atoms with E-state index in [1.54, 1.807) is 0 Å².